The Morgan fingerprint density at radius 3 is 2.37 bits per heavy atom. The van der Waals surface area contributed by atoms with Crippen LogP contribution in [0.4, 0.5) is 5.69 Å². The Balaban J connectivity index is 1.59. The lowest BCUT2D eigenvalue weighted by atomic mass is 9.67. The highest BCUT2D eigenvalue weighted by Crippen LogP contribution is 2.40. The lowest BCUT2D eigenvalue weighted by Gasteiger charge is -2.36. The molecule has 0 saturated heterocycles. The summed E-state index contributed by atoms with van der Waals surface area (Å²) >= 11 is 0. The van der Waals surface area contributed by atoms with Crippen LogP contribution in [0.1, 0.15) is 56.3 Å². The van der Waals surface area contributed by atoms with Gasteiger partial charge in [0.1, 0.15) is 5.78 Å². The van der Waals surface area contributed by atoms with Gasteiger partial charge in [0.2, 0.25) is 0 Å². The molecule has 2 aliphatic rings. The van der Waals surface area contributed by atoms with Crippen LogP contribution in [0.5, 0.6) is 0 Å². The molecule has 2 saturated carbocycles. The standard InChI is InChI=1S/C21H25NO5/c1-12(23)17-8-3-4-9-18(17)22-20(25)13(2)27-21(26)16-10-14-6-5-7-15(11-16)19(14)24/h3-4,8-9,13-16H,5-7,10-11H2,1-2H3,(H,22,25)/t13-,14-,15+,16?/m1/s1. The van der Waals surface area contributed by atoms with Crippen LogP contribution in [-0.4, -0.2) is 29.5 Å². The molecule has 2 fully saturated rings. The van der Waals surface area contributed by atoms with Crippen molar-refractivity contribution in [2.45, 2.75) is 52.1 Å². The van der Waals surface area contributed by atoms with Crippen molar-refractivity contribution in [2.24, 2.45) is 17.8 Å². The molecule has 1 aromatic carbocycles. The number of rotatable bonds is 5. The van der Waals surface area contributed by atoms with Crippen LogP contribution in [0, 0.1) is 17.8 Å². The van der Waals surface area contributed by atoms with Gasteiger partial charge in [-0.3, -0.25) is 19.2 Å². The summed E-state index contributed by atoms with van der Waals surface area (Å²) in [5, 5.41) is 2.66. The molecule has 1 aromatic rings. The molecule has 144 valence electrons. The Kier molecular flexibility index (Phi) is 5.73. The largest absolute Gasteiger partial charge is 0.452 e. The zero-order valence-corrected chi connectivity index (χ0v) is 15.7. The molecule has 3 rings (SSSR count). The van der Waals surface area contributed by atoms with Crippen molar-refractivity contribution in [3.8, 4) is 0 Å². The zero-order valence-electron chi connectivity index (χ0n) is 15.7. The minimum atomic E-state index is -0.977. The molecular weight excluding hydrogens is 346 g/mol. The average Bonchev–Trinajstić information content (AvgIpc) is 2.61. The van der Waals surface area contributed by atoms with Crippen molar-refractivity contribution in [3.05, 3.63) is 29.8 Å². The van der Waals surface area contributed by atoms with E-state index in [4.69, 9.17) is 4.74 Å². The van der Waals surface area contributed by atoms with Crippen LogP contribution >= 0.6 is 0 Å². The molecule has 0 radical (unpaired) electrons. The number of esters is 1. The molecule has 6 nitrogen and oxygen atoms in total. The molecule has 0 heterocycles. The van der Waals surface area contributed by atoms with E-state index in [1.54, 1.807) is 24.3 Å². The molecule has 0 spiro atoms. The summed E-state index contributed by atoms with van der Waals surface area (Å²) in [5.74, 6) is -1.17. The van der Waals surface area contributed by atoms with Gasteiger partial charge in [-0.05, 0) is 51.7 Å². The SMILES string of the molecule is CC(=O)c1ccccc1NC(=O)[C@@H](C)OC(=O)C1C[C@H]2CCC[C@@H](C1)C2=O. The van der Waals surface area contributed by atoms with Crippen molar-refractivity contribution >= 4 is 29.1 Å². The molecule has 0 aromatic heterocycles. The summed E-state index contributed by atoms with van der Waals surface area (Å²) in [6, 6.07) is 6.71. The fourth-order valence-electron chi connectivity index (χ4n) is 4.13. The highest BCUT2D eigenvalue weighted by atomic mass is 16.5. The molecule has 2 aliphatic carbocycles. The number of para-hydroxylation sites is 1. The Bertz CT molecular complexity index is 756. The quantitative estimate of drug-likeness (QED) is 0.634. The fraction of sp³-hybridized carbons (Fsp3) is 0.524. The third-order valence-electron chi connectivity index (χ3n) is 5.61. The lowest BCUT2D eigenvalue weighted by Crippen LogP contribution is -2.41. The number of carbonyl (C=O) groups is 4. The lowest BCUT2D eigenvalue weighted by molar-refractivity contribution is -0.161. The summed E-state index contributed by atoms with van der Waals surface area (Å²) in [6.45, 7) is 2.94. The Morgan fingerprint density at radius 2 is 1.74 bits per heavy atom. The van der Waals surface area contributed by atoms with Crippen molar-refractivity contribution < 1.29 is 23.9 Å². The highest BCUT2D eigenvalue weighted by Gasteiger charge is 2.42. The van der Waals surface area contributed by atoms with Gasteiger partial charge in [-0.25, -0.2) is 0 Å². The van der Waals surface area contributed by atoms with Gasteiger partial charge >= 0.3 is 5.97 Å². The monoisotopic (exact) mass is 371 g/mol. The molecule has 2 bridgehead atoms. The number of Topliss-reactive ketones (excluding diaryl/α,β-unsaturated/α-hetero) is 2. The Morgan fingerprint density at radius 1 is 1.11 bits per heavy atom. The van der Waals surface area contributed by atoms with Crippen LogP contribution in [-0.2, 0) is 19.1 Å². The first kappa shape index (κ1) is 19.3. The number of hydrogen-bond acceptors (Lipinski definition) is 5. The van der Waals surface area contributed by atoms with E-state index in [1.165, 1.54) is 13.8 Å². The van der Waals surface area contributed by atoms with E-state index >= 15 is 0 Å². The van der Waals surface area contributed by atoms with Crippen LogP contribution in [0.3, 0.4) is 0 Å². The van der Waals surface area contributed by atoms with Crippen LogP contribution in [0.15, 0.2) is 24.3 Å². The number of ketones is 2. The predicted molar refractivity (Wildman–Crippen MR) is 99.2 cm³/mol. The van der Waals surface area contributed by atoms with E-state index in [0.717, 1.165) is 19.3 Å². The van der Waals surface area contributed by atoms with Crippen molar-refractivity contribution in [1.82, 2.24) is 0 Å². The van der Waals surface area contributed by atoms with Crippen molar-refractivity contribution in [1.29, 1.82) is 0 Å². The Labute approximate surface area is 158 Å². The summed E-state index contributed by atoms with van der Waals surface area (Å²) in [6.07, 6.45) is 2.80. The fourth-order valence-corrected chi connectivity index (χ4v) is 4.13. The van der Waals surface area contributed by atoms with E-state index < -0.39 is 18.0 Å². The van der Waals surface area contributed by atoms with Gasteiger partial charge in [-0.2, -0.15) is 0 Å². The summed E-state index contributed by atoms with van der Waals surface area (Å²) in [4.78, 5) is 48.7. The van der Waals surface area contributed by atoms with E-state index in [0.29, 0.717) is 24.1 Å². The highest BCUT2D eigenvalue weighted by molar-refractivity contribution is 6.04. The third kappa shape index (κ3) is 4.26. The summed E-state index contributed by atoms with van der Waals surface area (Å²) < 4.78 is 5.38. The van der Waals surface area contributed by atoms with E-state index in [9.17, 15) is 19.2 Å². The van der Waals surface area contributed by atoms with Crippen LogP contribution in [0.25, 0.3) is 0 Å². The average molecular weight is 371 g/mol. The number of nitrogens with one attached hydrogen (secondary N) is 1. The molecule has 0 aliphatic heterocycles. The summed E-state index contributed by atoms with van der Waals surface area (Å²) in [7, 11) is 0. The number of anilines is 1. The third-order valence-corrected chi connectivity index (χ3v) is 5.61. The van der Waals surface area contributed by atoms with E-state index in [2.05, 4.69) is 5.32 Å². The molecule has 27 heavy (non-hydrogen) atoms. The normalized spacial score (nSPS) is 25.4. The second-order valence-electron chi connectivity index (χ2n) is 7.57. The molecule has 1 unspecified atom stereocenters. The van der Waals surface area contributed by atoms with Crippen molar-refractivity contribution in [2.75, 3.05) is 5.32 Å². The maximum atomic E-state index is 12.5. The minimum absolute atomic E-state index is 0.0402. The van der Waals surface area contributed by atoms with Gasteiger partial charge in [0, 0.05) is 17.4 Å². The van der Waals surface area contributed by atoms with E-state index in [-0.39, 0.29) is 29.3 Å². The maximum absolute atomic E-state index is 12.5. The first-order valence-electron chi connectivity index (χ1n) is 9.52. The van der Waals surface area contributed by atoms with Gasteiger partial charge in [-0.15, -0.1) is 0 Å². The zero-order chi connectivity index (χ0) is 19.6. The first-order chi connectivity index (χ1) is 12.9. The molecular formula is C21H25NO5. The van der Waals surface area contributed by atoms with E-state index in [1.807, 2.05) is 0 Å². The van der Waals surface area contributed by atoms with Gasteiger partial charge < -0.3 is 10.1 Å². The molecule has 4 atom stereocenters. The second kappa shape index (κ2) is 8.03. The topological polar surface area (TPSA) is 89.5 Å². The number of benzene rings is 1. The second-order valence-corrected chi connectivity index (χ2v) is 7.57. The van der Waals surface area contributed by atoms with Gasteiger partial charge in [-0.1, -0.05) is 18.6 Å². The Hall–Kier alpha value is -2.50. The van der Waals surface area contributed by atoms with Gasteiger partial charge in [0.15, 0.2) is 11.9 Å². The van der Waals surface area contributed by atoms with Gasteiger partial charge in [0.25, 0.3) is 5.91 Å². The molecule has 1 amide bonds. The smallest absolute Gasteiger partial charge is 0.309 e. The number of ether oxygens (including phenoxy) is 1. The van der Waals surface area contributed by atoms with Crippen molar-refractivity contribution in [3.63, 3.8) is 0 Å². The number of carbonyl (C=O) groups excluding carboxylic acids is 4. The van der Waals surface area contributed by atoms with Gasteiger partial charge in [0.05, 0.1) is 11.6 Å². The minimum Gasteiger partial charge on any atom is -0.452 e. The predicted octanol–water partition coefficient (Wildman–Crippen LogP) is 3.15. The molecule has 1 N–H and O–H groups in total. The number of fused-ring (bicyclic) bond motifs is 2. The first-order valence-corrected chi connectivity index (χ1v) is 9.52. The van der Waals surface area contributed by atoms with Crippen LogP contribution in [0.2, 0.25) is 0 Å². The maximum Gasteiger partial charge on any atom is 0.309 e. The summed E-state index contributed by atoms with van der Waals surface area (Å²) in [5.41, 5.74) is 0.804. The number of amides is 1. The number of hydrogen-bond donors (Lipinski definition) is 1. The van der Waals surface area contributed by atoms with Crippen LogP contribution < -0.4 is 5.32 Å². The molecule has 6 heteroatoms.